The summed E-state index contributed by atoms with van der Waals surface area (Å²) < 4.78 is 1.41. The number of hydrogen-bond acceptors (Lipinski definition) is 4. The zero-order chi connectivity index (χ0) is 7.56. The summed E-state index contributed by atoms with van der Waals surface area (Å²) in [5.41, 5.74) is 5.22. The number of anilines is 1. The molecule has 1 aromatic heterocycles. The van der Waals surface area contributed by atoms with Gasteiger partial charge in [-0.05, 0) is 6.92 Å². The quantitative estimate of drug-likeness (QED) is 0.588. The summed E-state index contributed by atoms with van der Waals surface area (Å²) in [6.07, 6.45) is 1.43. The second-order valence-corrected chi connectivity index (χ2v) is 1.89. The van der Waals surface area contributed by atoms with E-state index in [9.17, 15) is 0 Å². The fourth-order valence-electron chi connectivity index (χ4n) is 0.534. The maximum atomic E-state index is 8.42. The predicted molar refractivity (Wildman–Crippen MR) is 34.8 cm³/mol. The lowest BCUT2D eigenvalue weighted by molar-refractivity contribution is 0.591. The lowest BCUT2D eigenvalue weighted by Crippen LogP contribution is -2.03. The SMILES string of the molecule is CC(C#N)n1cnc(N)n1. The molecule has 1 rings (SSSR count). The lowest BCUT2D eigenvalue weighted by Gasteiger charge is -1.97. The number of nitrogens with two attached hydrogens (primary N) is 1. The minimum Gasteiger partial charge on any atom is -0.367 e. The Hall–Kier alpha value is -1.57. The molecular formula is C5H7N5. The smallest absolute Gasteiger partial charge is 0.239 e. The van der Waals surface area contributed by atoms with Crippen molar-refractivity contribution in [1.82, 2.24) is 14.8 Å². The summed E-state index contributed by atoms with van der Waals surface area (Å²) in [5.74, 6) is 0.196. The van der Waals surface area contributed by atoms with Crippen LogP contribution in [0.2, 0.25) is 0 Å². The van der Waals surface area contributed by atoms with Gasteiger partial charge in [-0.25, -0.2) is 9.67 Å². The van der Waals surface area contributed by atoms with E-state index in [1.54, 1.807) is 6.92 Å². The van der Waals surface area contributed by atoms with Gasteiger partial charge in [0.15, 0.2) is 0 Å². The van der Waals surface area contributed by atoms with Gasteiger partial charge in [0.05, 0.1) is 6.07 Å². The predicted octanol–water partition coefficient (Wildman–Crippen LogP) is -0.0551. The van der Waals surface area contributed by atoms with Gasteiger partial charge in [-0.2, -0.15) is 5.26 Å². The summed E-state index contributed by atoms with van der Waals surface area (Å²) >= 11 is 0. The zero-order valence-corrected chi connectivity index (χ0v) is 5.52. The largest absolute Gasteiger partial charge is 0.367 e. The molecule has 52 valence electrons. The van der Waals surface area contributed by atoms with Gasteiger partial charge in [0.1, 0.15) is 12.4 Å². The van der Waals surface area contributed by atoms with Gasteiger partial charge in [0.2, 0.25) is 5.95 Å². The highest BCUT2D eigenvalue weighted by Crippen LogP contribution is 2.00. The molecule has 1 unspecified atom stereocenters. The van der Waals surface area contributed by atoms with Crippen molar-refractivity contribution in [3.8, 4) is 6.07 Å². The summed E-state index contributed by atoms with van der Waals surface area (Å²) in [4.78, 5) is 3.66. The van der Waals surface area contributed by atoms with Crippen LogP contribution in [0.3, 0.4) is 0 Å². The molecule has 0 aromatic carbocycles. The number of rotatable bonds is 1. The van der Waals surface area contributed by atoms with Crippen molar-refractivity contribution in [3.05, 3.63) is 6.33 Å². The van der Waals surface area contributed by atoms with Gasteiger partial charge < -0.3 is 5.73 Å². The lowest BCUT2D eigenvalue weighted by atomic mass is 10.4. The van der Waals surface area contributed by atoms with E-state index in [0.717, 1.165) is 0 Å². The fraction of sp³-hybridized carbons (Fsp3) is 0.400. The molecule has 5 nitrogen and oxygen atoms in total. The summed E-state index contributed by atoms with van der Waals surface area (Å²) in [6, 6.07) is 1.70. The summed E-state index contributed by atoms with van der Waals surface area (Å²) in [7, 11) is 0. The first-order valence-electron chi connectivity index (χ1n) is 2.80. The van der Waals surface area contributed by atoms with Crippen molar-refractivity contribution in [3.63, 3.8) is 0 Å². The van der Waals surface area contributed by atoms with Crippen LogP contribution in [-0.2, 0) is 0 Å². The summed E-state index contributed by atoms with van der Waals surface area (Å²) in [6.45, 7) is 1.72. The Morgan fingerprint density at radius 2 is 2.60 bits per heavy atom. The van der Waals surface area contributed by atoms with E-state index >= 15 is 0 Å². The average molecular weight is 137 g/mol. The number of hydrogen-bond donors (Lipinski definition) is 1. The van der Waals surface area contributed by atoms with Crippen molar-refractivity contribution >= 4 is 5.95 Å². The zero-order valence-electron chi connectivity index (χ0n) is 5.52. The van der Waals surface area contributed by atoms with E-state index in [1.807, 2.05) is 6.07 Å². The minimum absolute atomic E-state index is 0.196. The Labute approximate surface area is 58.1 Å². The van der Waals surface area contributed by atoms with Crippen molar-refractivity contribution in [2.24, 2.45) is 0 Å². The second kappa shape index (κ2) is 2.35. The molecule has 0 saturated carbocycles. The standard InChI is InChI=1S/C5H7N5/c1-4(2-6)10-3-8-5(7)9-10/h3-4H,1H3,(H2,7,9). The van der Waals surface area contributed by atoms with E-state index in [1.165, 1.54) is 11.0 Å². The highest BCUT2D eigenvalue weighted by atomic mass is 15.4. The Morgan fingerprint density at radius 1 is 1.90 bits per heavy atom. The molecule has 1 aromatic rings. The average Bonchev–Trinajstić information content (AvgIpc) is 2.34. The van der Waals surface area contributed by atoms with Crippen molar-refractivity contribution in [2.75, 3.05) is 5.73 Å². The van der Waals surface area contributed by atoms with Crippen LogP contribution in [0.15, 0.2) is 6.33 Å². The van der Waals surface area contributed by atoms with Crippen LogP contribution < -0.4 is 5.73 Å². The highest BCUT2D eigenvalue weighted by Gasteiger charge is 2.02. The van der Waals surface area contributed by atoms with Gasteiger partial charge in [0, 0.05) is 0 Å². The van der Waals surface area contributed by atoms with Crippen LogP contribution in [0.25, 0.3) is 0 Å². The molecule has 0 fully saturated rings. The van der Waals surface area contributed by atoms with E-state index in [0.29, 0.717) is 0 Å². The molecule has 0 bridgehead atoms. The first-order valence-corrected chi connectivity index (χ1v) is 2.80. The Morgan fingerprint density at radius 3 is 3.00 bits per heavy atom. The number of nitrogen functional groups attached to an aromatic ring is 1. The van der Waals surface area contributed by atoms with Crippen LogP contribution in [0.1, 0.15) is 13.0 Å². The van der Waals surface area contributed by atoms with E-state index in [2.05, 4.69) is 10.1 Å². The van der Waals surface area contributed by atoms with Crippen molar-refractivity contribution in [2.45, 2.75) is 13.0 Å². The molecule has 2 N–H and O–H groups in total. The molecule has 1 heterocycles. The number of nitrogens with zero attached hydrogens (tertiary/aromatic N) is 4. The van der Waals surface area contributed by atoms with Crippen molar-refractivity contribution < 1.29 is 0 Å². The maximum absolute atomic E-state index is 8.42. The summed E-state index contributed by atoms with van der Waals surface area (Å²) in [5, 5.41) is 12.2. The Bertz CT molecular complexity index is 257. The van der Waals surface area contributed by atoms with Gasteiger partial charge in [-0.3, -0.25) is 0 Å². The maximum Gasteiger partial charge on any atom is 0.239 e. The van der Waals surface area contributed by atoms with E-state index in [4.69, 9.17) is 11.0 Å². The minimum atomic E-state index is -0.301. The van der Waals surface area contributed by atoms with Gasteiger partial charge >= 0.3 is 0 Å². The highest BCUT2D eigenvalue weighted by molar-refractivity contribution is 5.10. The van der Waals surface area contributed by atoms with E-state index in [-0.39, 0.29) is 12.0 Å². The molecule has 0 radical (unpaired) electrons. The molecule has 0 amide bonds. The first-order chi connectivity index (χ1) is 4.74. The van der Waals surface area contributed by atoms with E-state index < -0.39 is 0 Å². The first kappa shape index (κ1) is 6.55. The topological polar surface area (TPSA) is 80.5 Å². The second-order valence-electron chi connectivity index (χ2n) is 1.89. The Kier molecular flexibility index (Phi) is 1.54. The van der Waals surface area contributed by atoms with Crippen LogP contribution in [0.4, 0.5) is 5.95 Å². The van der Waals surface area contributed by atoms with Gasteiger partial charge in [0.25, 0.3) is 0 Å². The van der Waals surface area contributed by atoms with Crippen LogP contribution in [0.5, 0.6) is 0 Å². The molecule has 0 aliphatic carbocycles. The molecule has 10 heavy (non-hydrogen) atoms. The third-order valence-electron chi connectivity index (χ3n) is 1.11. The molecule has 0 aliphatic heterocycles. The van der Waals surface area contributed by atoms with Gasteiger partial charge in [-0.15, -0.1) is 5.10 Å². The molecule has 1 atom stereocenters. The fourth-order valence-corrected chi connectivity index (χ4v) is 0.534. The normalized spacial score (nSPS) is 12.4. The van der Waals surface area contributed by atoms with Gasteiger partial charge in [-0.1, -0.05) is 0 Å². The molecule has 0 saturated heterocycles. The van der Waals surface area contributed by atoms with Crippen LogP contribution in [-0.4, -0.2) is 14.8 Å². The third-order valence-corrected chi connectivity index (χ3v) is 1.11. The molecular weight excluding hydrogens is 130 g/mol. The number of aromatic nitrogens is 3. The number of nitriles is 1. The Balaban J connectivity index is 2.87. The molecule has 0 aliphatic rings. The monoisotopic (exact) mass is 137 g/mol. The van der Waals surface area contributed by atoms with Crippen molar-refractivity contribution in [1.29, 1.82) is 5.26 Å². The van der Waals surface area contributed by atoms with Crippen LogP contribution >= 0.6 is 0 Å². The molecule has 5 heteroatoms. The third kappa shape index (κ3) is 1.05. The molecule has 0 spiro atoms. The van der Waals surface area contributed by atoms with Crippen LogP contribution in [0, 0.1) is 11.3 Å².